The highest BCUT2D eigenvalue weighted by Crippen LogP contribution is 2.18. The highest BCUT2D eigenvalue weighted by Gasteiger charge is 2.20. The van der Waals surface area contributed by atoms with Crippen LogP contribution in [0.3, 0.4) is 0 Å². The van der Waals surface area contributed by atoms with Gasteiger partial charge in [0.15, 0.2) is 9.84 Å². The molecule has 0 unspecified atom stereocenters. The first-order valence-corrected chi connectivity index (χ1v) is 10.1. The summed E-state index contributed by atoms with van der Waals surface area (Å²) in [6, 6.07) is 6.70. The number of carbonyl (C=O) groups excluding carboxylic acids is 1. The molecule has 1 fully saturated rings. The third-order valence-electron chi connectivity index (χ3n) is 4.45. The minimum atomic E-state index is -3.22. The number of hydrogen-bond acceptors (Lipinski definition) is 4. The van der Waals surface area contributed by atoms with E-state index in [2.05, 4.69) is 17.1 Å². The second kappa shape index (κ2) is 7.93. The summed E-state index contributed by atoms with van der Waals surface area (Å²) in [6.07, 6.45) is 6.09. The summed E-state index contributed by atoms with van der Waals surface area (Å²) in [5.74, 6) is -0.157. The monoisotopic (exact) mass is 338 g/mol. The summed E-state index contributed by atoms with van der Waals surface area (Å²) in [6.45, 7) is 4.80. The minimum Gasteiger partial charge on any atom is -0.351 e. The van der Waals surface area contributed by atoms with E-state index in [-0.39, 0.29) is 10.8 Å². The Morgan fingerprint density at radius 2 is 1.96 bits per heavy atom. The van der Waals surface area contributed by atoms with Crippen molar-refractivity contribution in [2.24, 2.45) is 0 Å². The van der Waals surface area contributed by atoms with E-state index in [0.29, 0.717) is 18.2 Å². The molecule has 1 aliphatic rings. The molecule has 0 aliphatic carbocycles. The first kappa shape index (κ1) is 17.9. The molecule has 1 aromatic rings. The number of carbonyl (C=O) groups is 1. The molecule has 0 bridgehead atoms. The molecule has 1 heterocycles. The number of rotatable bonds is 6. The molecule has 1 N–H and O–H groups in total. The number of sulfone groups is 1. The lowest BCUT2D eigenvalue weighted by Crippen LogP contribution is -2.43. The maximum Gasteiger partial charge on any atom is 0.251 e. The highest BCUT2D eigenvalue weighted by atomic mass is 32.2. The van der Waals surface area contributed by atoms with Crippen molar-refractivity contribution in [3.8, 4) is 0 Å². The van der Waals surface area contributed by atoms with Crippen LogP contribution < -0.4 is 5.32 Å². The van der Waals surface area contributed by atoms with Gasteiger partial charge in [-0.1, -0.05) is 13.3 Å². The van der Waals surface area contributed by atoms with Gasteiger partial charge in [-0.05, 0) is 50.1 Å². The molecule has 0 saturated carbocycles. The van der Waals surface area contributed by atoms with Gasteiger partial charge in [-0.3, -0.25) is 9.69 Å². The Balaban J connectivity index is 1.85. The van der Waals surface area contributed by atoms with Crippen LogP contribution in [-0.4, -0.2) is 51.2 Å². The van der Waals surface area contributed by atoms with E-state index in [1.54, 1.807) is 12.1 Å². The van der Waals surface area contributed by atoms with Gasteiger partial charge in [0.2, 0.25) is 0 Å². The van der Waals surface area contributed by atoms with Crippen molar-refractivity contribution < 1.29 is 13.2 Å². The molecule has 1 atom stereocenters. The smallest absolute Gasteiger partial charge is 0.251 e. The van der Waals surface area contributed by atoms with E-state index in [1.807, 2.05) is 0 Å². The standard InChI is InChI=1S/C17H26N2O3S/c1-3-15-6-4-5-12-19(15)13-11-18-17(20)14-7-9-16(10-8-14)23(2,21)22/h7-10,15H,3-6,11-13H2,1-2H3,(H,18,20)/t15-/m0/s1. The quantitative estimate of drug-likeness (QED) is 0.862. The molecule has 5 nitrogen and oxygen atoms in total. The number of nitrogens with one attached hydrogen (secondary N) is 1. The highest BCUT2D eigenvalue weighted by molar-refractivity contribution is 7.90. The van der Waals surface area contributed by atoms with Crippen LogP contribution in [0.1, 0.15) is 43.0 Å². The van der Waals surface area contributed by atoms with Crippen LogP contribution in [0.2, 0.25) is 0 Å². The summed E-state index contributed by atoms with van der Waals surface area (Å²) in [4.78, 5) is 14.8. The van der Waals surface area contributed by atoms with E-state index in [4.69, 9.17) is 0 Å². The Labute approximate surface area is 139 Å². The number of amides is 1. The number of hydrogen-bond donors (Lipinski definition) is 1. The molecule has 1 aromatic carbocycles. The maximum absolute atomic E-state index is 12.1. The van der Waals surface area contributed by atoms with Crippen LogP contribution in [0.15, 0.2) is 29.2 Å². The largest absolute Gasteiger partial charge is 0.351 e. The van der Waals surface area contributed by atoms with Crippen molar-refractivity contribution in [1.82, 2.24) is 10.2 Å². The Morgan fingerprint density at radius 1 is 1.26 bits per heavy atom. The van der Waals surface area contributed by atoms with Crippen LogP contribution in [0.5, 0.6) is 0 Å². The Bertz CT molecular complexity index is 626. The van der Waals surface area contributed by atoms with Crippen molar-refractivity contribution in [3.63, 3.8) is 0 Å². The fraction of sp³-hybridized carbons (Fsp3) is 0.588. The normalized spacial score (nSPS) is 19.5. The first-order valence-electron chi connectivity index (χ1n) is 8.24. The SMILES string of the molecule is CC[C@H]1CCCCN1CCNC(=O)c1ccc(S(C)(=O)=O)cc1. The number of piperidine rings is 1. The number of benzene rings is 1. The zero-order valence-electron chi connectivity index (χ0n) is 13.9. The van der Waals surface area contributed by atoms with Crippen molar-refractivity contribution in [2.75, 3.05) is 25.9 Å². The zero-order valence-corrected chi connectivity index (χ0v) is 14.7. The average Bonchev–Trinajstić information content (AvgIpc) is 2.54. The van der Waals surface area contributed by atoms with Gasteiger partial charge in [-0.2, -0.15) is 0 Å². The molecule has 0 spiro atoms. The van der Waals surface area contributed by atoms with Crippen molar-refractivity contribution >= 4 is 15.7 Å². The summed E-state index contributed by atoms with van der Waals surface area (Å²) < 4.78 is 22.8. The maximum atomic E-state index is 12.1. The van der Waals surface area contributed by atoms with Gasteiger partial charge in [0.05, 0.1) is 4.90 Å². The summed E-state index contributed by atoms with van der Waals surface area (Å²) in [5.41, 5.74) is 0.489. The molecular weight excluding hydrogens is 312 g/mol. The van der Waals surface area contributed by atoms with E-state index >= 15 is 0 Å². The van der Waals surface area contributed by atoms with Gasteiger partial charge < -0.3 is 5.32 Å². The Kier molecular flexibility index (Phi) is 6.18. The Morgan fingerprint density at radius 3 is 2.57 bits per heavy atom. The predicted molar refractivity (Wildman–Crippen MR) is 91.4 cm³/mol. The number of likely N-dealkylation sites (tertiary alicyclic amines) is 1. The number of nitrogens with zero attached hydrogens (tertiary/aromatic N) is 1. The van der Waals surface area contributed by atoms with E-state index in [1.165, 1.54) is 31.4 Å². The van der Waals surface area contributed by atoms with Gasteiger partial charge in [-0.25, -0.2) is 8.42 Å². The fourth-order valence-electron chi connectivity index (χ4n) is 3.09. The molecule has 2 rings (SSSR count). The van der Waals surface area contributed by atoms with Gasteiger partial charge in [0.25, 0.3) is 5.91 Å². The van der Waals surface area contributed by atoms with Crippen LogP contribution in [-0.2, 0) is 9.84 Å². The molecular formula is C17H26N2O3S. The molecule has 6 heteroatoms. The fourth-order valence-corrected chi connectivity index (χ4v) is 3.72. The molecule has 1 amide bonds. The zero-order chi connectivity index (χ0) is 16.9. The lowest BCUT2D eigenvalue weighted by Gasteiger charge is -2.35. The van der Waals surface area contributed by atoms with Crippen molar-refractivity contribution in [3.05, 3.63) is 29.8 Å². The van der Waals surface area contributed by atoms with Crippen molar-refractivity contribution in [2.45, 2.75) is 43.5 Å². The van der Waals surface area contributed by atoms with Gasteiger partial charge in [-0.15, -0.1) is 0 Å². The first-order chi connectivity index (χ1) is 10.9. The molecule has 1 saturated heterocycles. The van der Waals surface area contributed by atoms with E-state index < -0.39 is 9.84 Å². The minimum absolute atomic E-state index is 0.157. The average molecular weight is 338 g/mol. The van der Waals surface area contributed by atoms with Crippen LogP contribution in [0.4, 0.5) is 0 Å². The molecule has 1 aliphatic heterocycles. The van der Waals surface area contributed by atoms with E-state index in [0.717, 1.165) is 25.8 Å². The van der Waals surface area contributed by atoms with Crippen molar-refractivity contribution in [1.29, 1.82) is 0 Å². The van der Waals surface area contributed by atoms with Gasteiger partial charge in [0, 0.05) is 31.0 Å². The second-order valence-corrected chi connectivity index (χ2v) is 8.16. The van der Waals surface area contributed by atoms with Gasteiger partial charge >= 0.3 is 0 Å². The summed E-state index contributed by atoms with van der Waals surface area (Å²) in [7, 11) is -3.22. The van der Waals surface area contributed by atoms with Crippen LogP contribution in [0.25, 0.3) is 0 Å². The predicted octanol–water partition coefficient (Wildman–Crippen LogP) is 2.08. The summed E-state index contributed by atoms with van der Waals surface area (Å²) in [5, 5.41) is 2.92. The molecule has 0 radical (unpaired) electrons. The Hall–Kier alpha value is -1.40. The van der Waals surface area contributed by atoms with Crippen LogP contribution in [0, 0.1) is 0 Å². The summed E-state index contributed by atoms with van der Waals surface area (Å²) >= 11 is 0. The second-order valence-electron chi connectivity index (χ2n) is 6.15. The van der Waals surface area contributed by atoms with Gasteiger partial charge in [0.1, 0.15) is 0 Å². The molecule has 128 valence electrons. The van der Waals surface area contributed by atoms with Crippen LogP contribution >= 0.6 is 0 Å². The third kappa shape index (κ3) is 5.04. The van der Waals surface area contributed by atoms with E-state index in [9.17, 15) is 13.2 Å². The lowest BCUT2D eigenvalue weighted by atomic mass is 10.0. The lowest BCUT2D eigenvalue weighted by molar-refractivity contribution is 0.0934. The molecule has 23 heavy (non-hydrogen) atoms. The third-order valence-corrected chi connectivity index (χ3v) is 5.58. The molecule has 0 aromatic heterocycles. The topological polar surface area (TPSA) is 66.5 Å².